The van der Waals surface area contributed by atoms with Crippen LogP contribution in [0.4, 0.5) is 10.1 Å². The minimum Gasteiger partial charge on any atom is -0.317 e. The number of hydrogen-bond donors (Lipinski definition) is 2. The molecule has 0 unspecified atom stereocenters. The van der Waals surface area contributed by atoms with Crippen molar-refractivity contribution in [2.24, 2.45) is 0 Å². The van der Waals surface area contributed by atoms with Gasteiger partial charge in [-0.05, 0) is 38.1 Å². The molecule has 1 aromatic carbocycles. The Morgan fingerprint density at radius 3 is 2.60 bits per heavy atom. The maximum atomic E-state index is 13.5. The molecule has 0 aliphatic carbocycles. The van der Waals surface area contributed by atoms with Crippen molar-refractivity contribution in [3.63, 3.8) is 0 Å². The molecular weight excluding hydrogens is 289 g/mol. The number of para-hydroxylation sites is 1. The van der Waals surface area contributed by atoms with Crippen molar-refractivity contribution in [3.8, 4) is 0 Å². The predicted molar refractivity (Wildman–Crippen MR) is 69.3 cm³/mol. The maximum absolute atomic E-state index is 13.5. The molecule has 2 N–H and O–H groups in total. The SMILES string of the molecule is O=[N+]([O-])c1c(F)cccc1S(=O)(=O)NC1CCNCC1. The van der Waals surface area contributed by atoms with E-state index in [0.29, 0.717) is 25.9 Å². The average Bonchev–Trinajstić information content (AvgIpc) is 2.38. The molecule has 2 rings (SSSR count). The van der Waals surface area contributed by atoms with E-state index >= 15 is 0 Å². The third kappa shape index (κ3) is 3.11. The maximum Gasteiger partial charge on any atom is 0.324 e. The van der Waals surface area contributed by atoms with Gasteiger partial charge in [0.25, 0.3) is 0 Å². The van der Waals surface area contributed by atoms with Crippen LogP contribution in [0.5, 0.6) is 0 Å². The van der Waals surface area contributed by atoms with Crippen molar-refractivity contribution < 1.29 is 17.7 Å². The number of nitrogens with one attached hydrogen (secondary N) is 2. The van der Waals surface area contributed by atoms with Gasteiger partial charge in [-0.25, -0.2) is 13.1 Å². The topological polar surface area (TPSA) is 101 Å². The molecule has 0 bridgehead atoms. The third-order valence-electron chi connectivity index (χ3n) is 3.08. The Hall–Kier alpha value is -1.58. The van der Waals surface area contributed by atoms with Crippen LogP contribution in [0, 0.1) is 15.9 Å². The Labute approximate surface area is 115 Å². The number of nitro benzene ring substituents is 1. The molecule has 20 heavy (non-hydrogen) atoms. The number of hydrogen-bond acceptors (Lipinski definition) is 5. The van der Waals surface area contributed by atoms with E-state index in [2.05, 4.69) is 10.0 Å². The van der Waals surface area contributed by atoms with E-state index in [4.69, 9.17) is 0 Å². The second-order valence-corrected chi connectivity index (χ2v) is 6.17. The Bertz CT molecular complexity index is 614. The van der Waals surface area contributed by atoms with E-state index in [-0.39, 0.29) is 6.04 Å². The van der Waals surface area contributed by atoms with Crippen LogP contribution in [0.25, 0.3) is 0 Å². The van der Waals surface area contributed by atoms with Gasteiger partial charge in [0.2, 0.25) is 15.8 Å². The monoisotopic (exact) mass is 303 g/mol. The normalized spacial score (nSPS) is 17.1. The number of nitrogens with zero attached hydrogens (tertiary/aromatic N) is 1. The predicted octanol–water partition coefficient (Wildman–Crippen LogP) is 0.764. The molecule has 1 fully saturated rings. The summed E-state index contributed by atoms with van der Waals surface area (Å²) in [5, 5.41) is 13.9. The second-order valence-electron chi connectivity index (χ2n) is 4.49. The van der Waals surface area contributed by atoms with E-state index in [1.807, 2.05) is 0 Å². The van der Waals surface area contributed by atoms with Crippen LogP contribution in [0.2, 0.25) is 0 Å². The first kappa shape index (κ1) is 14.8. The molecule has 0 spiro atoms. The highest BCUT2D eigenvalue weighted by atomic mass is 32.2. The van der Waals surface area contributed by atoms with Gasteiger partial charge >= 0.3 is 5.69 Å². The number of piperidine rings is 1. The summed E-state index contributed by atoms with van der Waals surface area (Å²) < 4.78 is 40.2. The van der Waals surface area contributed by atoms with Gasteiger partial charge in [-0.1, -0.05) is 6.07 Å². The quantitative estimate of drug-likeness (QED) is 0.632. The fraction of sp³-hybridized carbons (Fsp3) is 0.455. The summed E-state index contributed by atoms with van der Waals surface area (Å²) in [5.74, 6) is -1.16. The zero-order valence-corrected chi connectivity index (χ0v) is 11.3. The number of benzene rings is 1. The molecule has 110 valence electrons. The highest BCUT2D eigenvalue weighted by Gasteiger charge is 2.31. The minimum atomic E-state index is -4.12. The molecule has 1 aliphatic heterocycles. The molecule has 1 aromatic rings. The van der Waals surface area contributed by atoms with Crippen molar-refractivity contribution in [2.45, 2.75) is 23.8 Å². The van der Waals surface area contributed by atoms with E-state index in [9.17, 15) is 22.9 Å². The lowest BCUT2D eigenvalue weighted by Crippen LogP contribution is -2.42. The zero-order valence-electron chi connectivity index (χ0n) is 10.5. The van der Waals surface area contributed by atoms with E-state index in [1.54, 1.807) is 0 Å². The lowest BCUT2D eigenvalue weighted by molar-refractivity contribution is -0.390. The number of rotatable bonds is 4. The van der Waals surface area contributed by atoms with Gasteiger partial charge in [-0.2, -0.15) is 4.39 Å². The first-order valence-electron chi connectivity index (χ1n) is 6.08. The number of sulfonamides is 1. The van der Waals surface area contributed by atoms with Gasteiger partial charge in [0, 0.05) is 6.04 Å². The van der Waals surface area contributed by atoms with Crippen molar-refractivity contribution in [1.29, 1.82) is 0 Å². The molecule has 1 saturated heterocycles. The summed E-state index contributed by atoms with van der Waals surface area (Å²) in [6.07, 6.45) is 1.17. The van der Waals surface area contributed by atoms with Crippen LogP contribution in [-0.2, 0) is 10.0 Å². The summed E-state index contributed by atoms with van der Waals surface area (Å²) in [4.78, 5) is 9.19. The lowest BCUT2D eigenvalue weighted by Gasteiger charge is -2.23. The van der Waals surface area contributed by atoms with E-state index < -0.39 is 31.3 Å². The van der Waals surface area contributed by atoms with Crippen LogP contribution in [0.3, 0.4) is 0 Å². The van der Waals surface area contributed by atoms with Crippen LogP contribution in [-0.4, -0.2) is 32.5 Å². The Balaban J connectivity index is 2.34. The van der Waals surface area contributed by atoms with Gasteiger partial charge in [0.1, 0.15) is 0 Å². The Kier molecular flexibility index (Phi) is 4.31. The minimum absolute atomic E-state index is 0.302. The van der Waals surface area contributed by atoms with Crippen molar-refractivity contribution in [1.82, 2.24) is 10.0 Å². The van der Waals surface area contributed by atoms with Crippen LogP contribution < -0.4 is 10.0 Å². The molecule has 9 heteroatoms. The standard InChI is InChI=1S/C11H14FN3O4S/c12-9-2-1-3-10(11(9)15(16)17)20(18,19)14-8-4-6-13-7-5-8/h1-3,8,13-14H,4-7H2. The summed E-state index contributed by atoms with van der Waals surface area (Å²) in [7, 11) is -4.12. The van der Waals surface area contributed by atoms with Gasteiger partial charge < -0.3 is 5.32 Å². The van der Waals surface area contributed by atoms with Crippen molar-refractivity contribution >= 4 is 15.7 Å². The lowest BCUT2D eigenvalue weighted by atomic mass is 10.1. The van der Waals surface area contributed by atoms with Gasteiger partial charge in [0.15, 0.2) is 4.90 Å². The highest BCUT2D eigenvalue weighted by Crippen LogP contribution is 2.27. The van der Waals surface area contributed by atoms with Crippen LogP contribution >= 0.6 is 0 Å². The first-order valence-corrected chi connectivity index (χ1v) is 7.56. The molecule has 1 heterocycles. The number of nitro groups is 1. The highest BCUT2D eigenvalue weighted by molar-refractivity contribution is 7.89. The Morgan fingerprint density at radius 2 is 2.00 bits per heavy atom. The summed E-state index contributed by atoms with van der Waals surface area (Å²) in [6.45, 7) is 1.33. The number of halogens is 1. The smallest absolute Gasteiger partial charge is 0.317 e. The molecule has 0 amide bonds. The van der Waals surface area contributed by atoms with Gasteiger partial charge in [-0.15, -0.1) is 0 Å². The summed E-state index contributed by atoms with van der Waals surface area (Å²) >= 11 is 0. The van der Waals surface area contributed by atoms with Crippen molar-refractivity contribution in [2.75, 3.05) is 13.1 Å². The molecule has 0 saturated carbocycles. The van der Waals surface area contributed by atoms with Gasteiger partial charge in [0.05, 0.1) is 4.92 Å². The fourth-order valence-electron chi connectivity index (χ4n) is 2.11. The second kappa shape index (κ2) is 5.81. The van der Waals surface area contributed by atoms with Gasteiger partial charge in [-0.3, -0.25) is 10.1 Å². The first-order chi connectivity index (χ1) is 9.42. The molecule has 0 atom stereocenters. The average molecular weight is 303 g/mol. The molecular formula is C11H14FN3O4S. The van der Waals surface area contributed by atoms with E-state index in [1.165, 1.54) is 0 Å². The Morgan fingerprint density at radius 1 is 1.35 bits per heavy atom. The third-order valence-corrected chi connectivity index (χ3v) is 4.63. The molecule has 0 aromatic heterocycles. The summed E-state index contributed by atoms with van der Waals surface area (Å²) in [5.41, 5.74) is -1.02. The summed E-state index contributed by atoms with van der Waals surface area (Å²) in [6, 6.07) is 2.73. The zero-order chi connectivity index (χ0) is 14.8. The molecule has 7 nitrogen and oxygen atoms in total. The largest absolute Gasteiger partial charge is 0.324 e. The molecule has 0 radical (unpaired) electrons. The molecule has 1 aliphatic rings. The van der Waals surface area contributed by atoms with Crippen LogP contribution in [0.1, 0.15) is 12.8 Å². The van der Waals surface area contributed by atoms with Crippen molar-refractivity contribution in [3.05, 3.63) is 34.1 Å². The van der Waals surface area contributed by atoms with E-state index in [0.717, 1.165) is 18.2 Å². The fourth-order valence-corrected chi connectivity index (χ4v) is 3.60. The van der Waals surface area contributed by atoms with Crippen LogP contribution in [0.15, 0.2) is 23.1 Å².